The van der Waals surface area contributed by atoms with Crippen molar-refractivity contribution < 1.29 is 9.59 Å². The lowest BCUT2D eigenvalue weighted by Gasteiger charge is -2.14. The summed E-state index contributed by atoms with van der Waals surface area (Å²) in [6.07, 6.45) is 0. The molecule has 1 atom stereocenters. The summed E-state index contributed by atoms with van der Waals surface area (Å²) in [7, 11) is 0. The minimum absolute atomic E-state index is 0.0637. The molecule has 1 heterocycles. The van der Waals surface area contributed by atoms with Crippen molar-refractivity contribution >= 4 is 17.5 Å². The van der Waals surface area contributed by atoms with E-state index in [2.05, 4.69) is 0 Å². The number of rotatable bonds is 1. The van der Waals surface area contributed by atoms with Crippen molar-refractivity contribution in [2.24, 2.45) is 5.73 Å². The number of carbonyl (C=O) groups excluding carboxylic acids is 2. The summed E-state index contributed by atoms with van der Waals surface area (Å²) in [5, 5.41) is 0. The molecule has 1 aromatic carbocycles. The summed E-state index contributed by atoms with van der Waals surface area (Å²) in [6, 6.07) is 7.37. The number of para-hydroxylation sites is 1. The van der Waals surface area contributed by atoms with Crippen molar-refractivity contribution in [2.75, 3.05) is 11.4 Å². The second kappa shape index (κ2) is 3.38. The normalized spacial score (nSPS) is 18.7. The van der Waals surface area contributed by atoms with Crippen molar-refractivity contribution in [3.8, 4) is 0 Å². The summed E-state index contributed by atoms with van der Waals surface area (Å²) in [4.78, 5) is 24.2. The van der Waals surface area contributed by atoms with Crippen LogP contribution in [-0.2, 0) is 9.59 Å². The van der Waals surface area contributed by atoms with Gasteiger partial charge in [-0.1, -0.05) is 18.2 Å². The van der Waals surface area contributed by atoms with E-state index in [4.69, 9.17) is 5.73 Å². The average Bonchev–Trinajstić information content (AvgIpc) is 2.56. The first-order valence-corrected chi connectivity index (χ1v) is 4.77. The predicted molar refractivity (Wildman–Crippen MR) is 56.4 cm³/mol. The molecule has 15 heavy (non-hydrogen) atoms. The van der Waals surface area contributed by atoms with Gasteiger partial charge in [0.25, 0.3) is 0 Å². The molecule has 0 aliphatic carbocycles. The number of nitrogens with zero attached hydrogens (tertiary/aromatic N) is 1. The van der Waals surface area contributed by atoms with E-state index in [-0.39, 0.29) is 17.7 Å². The van der Waals surface area contributed by atoms with Gasteiger partial charge in [-0.25, -0.2) is 0 Å². The molecule has 0 saturated heterocycles. The third-order valence-corrected chi connectivity index (χ3v) is 2.69. The van der Waals surface area contributed by atoms with Crippen molar-refractivity contribution in [3.63, 3.8) is 0 Å². The summed E-state index contributed by atoms with van der Waals surface area (Å²) in [5.74, 6) is -0.817. The van der Waals surface area contributed by atoms with Crippen molar-refractivity contribution in [1.29, 1.82) is 0 Å². The predicted octanol–water partition coefficient (Wildman–Crippen LogP) is 0.622. The molecule has 2 rings (SSSR count). The molecule has 2 N–H and O–H groups in total. The van der Waals surface area contributed by atoms with Crippen LogP contribution in [0.15, 0.2) is 24.3 Å². The zero-order valence-electron chi connectivity index (χ0n) is 8.43. The van der Waals surface area contributed by atoms with Gasteiger partial charge in [0, 0.05) is 19.2 Å². The van der Waals surface area contributed by atoms with Crippen LogP contribution < -0.4 is 10.6 Å². The van der Waals surface area contributed by atoms with Crippen LogP contribution in [0.1, 0.15) is 18.4 Å². The van der Waals surface area contributed by atoms with Crippen LogP contribution in [0.3, 0.4) is 0 Å². The summed E-state index contributed by atoms with van der Waals surface area (Å²) in [5.41, 5.74) is 6.95. The van der Waals surface area contributed by atoms with Crippen LogP contribution in [0.2, 0.25) is 0 Å². The zero-order chi connectivity index (χ0) is 11.0. The number of hydrogen-bond acceptors (Lipinski definition) is 2. The standard InChI is InChI=1S/C11H12N2O2/c1-7(14)13-6-9(11(12)15)8-4-2-3-5-10(8)13/h2-5,9H,6H2,1H3,(H2,12,15). The van der Waals surface area contributed by atoms with Gasteiger partial charge in [-0.05, 0) is 11.6 Å². The molecular formula is C11H12N2O2. The summed E-state index contributed by atoms with van der Waals surface area (Å²) < 4.78 is 0. The zero-order valence-corrected chi connectivity index (χ0v) is 8.43. The Balaban J connectivity index is 2.48. The van der Waals surface area contributed by atoms with Gasteiger partial charge in [0.15, 0.2) is 0 Å². The van der Waals surface area contributed by atoms with Gasteiger partial charge >= 0.3 is 0 Å². The van der Waals surface area contributed by atoms with Gasteiger partial charge in [-0.15, -0.1) is 0 Å². The average molecular weight is 204 g/mol. The molecule has 0 saturated carbocycles. The molecule has 0 aromatic heterocycles. The first kappa shape index (κ1) is 9.71. The Bertz CT molecular complexity index is 389. The molecule has 1 aromatic rings. The highest BCUT2D eigenvalue weighted by Gasteiger charge is 2.33. The number of hydrogen-bond donors (Lipinski definition) is 1. The second-order valence-corrected chi connectivity index (χ2v) is 3.64. The minimum Gasteiger partial charge on any atom is -0.369 e. The largest absolute Gasteiger partial charge is 0.369 e. The van der Waals surface area contributed by atoms with Crippen molar-refractivity contribution in [2.45, 2.75) is 12.8 Å². The molecule has 0 bridgehead atoms. The highest BCUT2D eigenvalue weighted by molar-refractivity contribution is 5.98. The van der Waals surface area contributed by atoms with E-state index in [1.165, 1.54) is 6.92 Å². The Kier molecular flexibility index (Phi) is 2.19. The van der Waals surface area contributed by atoms with Crippen molar-refractivity contribution in [1.82, 2.24) is 0 Å². The Morgan fingerprint density at radius 3 is 2.67 bits per heavy atom. The first-order valence-electron chi connectivity index (χ1n) is 4.77. The van der Waals surface area contributed by atoms with Crippen LogP contribution >= 0.6 is 0 Å². The summed E-state index contributed by atoms with van der Waals surface area (Å²) in [6.45, 7) is 1.85. The van der Waals surface area contributed by atoms with E-state index in [9.17, 15) is 9.59 Å². The number of primary amides is 1. The van der Waals surface area contributed by atoms with Gasteiger partial charge in [0.05, 0.1) is 5.92 Å². The van der Waals surface area contributed by atoms with Crippen LogP contribution in [0.25, 0.3) is 0 Å². The third-order valence-electron chi connectivity index (χ3n) is 2.69. The van der Waals surface area contributed by atoms with E-state index in [1.54, 1.807) is 4.90 Å². The Morgan fingerprint density at radius 2 is 2.07 bits per heavy atom. The molecule has 0 fully saturated rings. The topological polar surface area (TPSA) is 63.4 Å². The molecule has 1 unspecified atom stereocenters. The maximum atomic E-state index is 11.4. The van der Waals surface area contributed by atoms with Crippen LogP contribution in [0.5, 0.6) is 0 Å². The van der Waals surface area contributed by atoms with Crippen molar-refractivity contribution in [3.05, 3.63) is 29.8 Å². The molecule has 0 spiro atoms. The summed E-state index contributed by atoms with van der Waals surface area (Å²) >= 11 is 0. The van der Waals surface area contributed by atoms with Gasteiger partial charge < -0.3 is 10.6 Å². The number of carbonyl (C=O) groups is 2. The highest BCUT2D eigenvalue weighted by Crippen LogP contribution is 2.35. The highest BCUT2D eigenvalue weighted by atomic mass is 16.2. The molecule has 4 nitrogen and oxygen atoms in total. The smallest absolute Gasteiger partial charge is 0.226 e. The van der Waals surface area contributed by atoms with E-state index >= 15 is 0 Å². The third kappa shape index (κ3) is 1.48. The van der Waals surface area contributed by atoms with Gasteiger partial charge in [-0.3, -0.25) is 9.59 Å². The lowest BCUT2D eigenvalue weighted by molar-refractivity contribution is -0.119. The Labute approximate surface area is 87.7 Å². The molecular weight excluding hydrogens is 192 g/mol. The maximum absolute atomic E-state index is 11.4. The van der Waals surface area contributed by atoms with E-state index < -0.39 is 0 Å². The van der Waals surface area contributed by atoms with Gasteiger partial charge in [0.1, 0.15) is 0 Å². The lowest BCUT2D eigenvalue weighted by Crippen LogP contribution is -2.31. The fourth-order valence-electron chi connectivity index (χ4n) is 1.95. The quantitative estimate of drug-likeness (QED) is 0.729. The van der Waals surface area contributed by atoms with Crippen LogP contribution in [0, 0.1) is 0 Å². The number of anilines is 1. The molecule has 0 radical (unpaired) electrons. The SMILES string of the molecule is CC(=O)N1CC(C(N)=O)c2ccccc21. The molecule has 2 amide bonds. The lowest BCUT2D eigenvalue weighted by atomic mass is 10.0. The van der Waals surface area contributed by atoms with E-state index in [1.807, 2.05) is 24.3 Å². The second-order valence-electron chi connectivity index (χ2n) is 3.64. The van der Waals surface area contributed by atoms with Gasteiger partial charge in [0.2, 0.25) is 11.8 Å². The van der Waals surface area contributed by atoms with E-state index in [0.717, 1.165) is 11.3 Å². The number of fused-ring (bicyclic) bond motifs is 1. The first-order chi connectivity index (χ1) is 7.11. The molecule has 1 aliphatic rings. The van der Waals surface area contributed by atoms with Crippen LogP contribution in [0.4, 0.5) is 5.69 Å². The fraction of sp³-hybridized carbons (Fsp3) is 0.273. The molecule has 4 heteroatoms. The fourth-order valence-corrected chi connectivity index (χ4v) is 1.95. The van der Waals surface area contributed by atoms with E-state index in [0.29, 0.717) is 6.54 Å². The Morgan fingerprint density at radius 1 is 1.40 bits per heavy atom. The van der Waals surface area contributed by atoms with Gasteiger partial charge in [-0.2, -0.15) is 0 Å². The minimum atomic E-state index is -0.383. The number of amides is 2. The molecule has 1 aliphatic heterocycles. The monoisotopic (exact) mass is 204 g/mol. The maximum Gasteiger partial charge on any atom is 0.226 e. The number of nitrogens with two attached hydrogens (primary N) is 1. The number of benzene rings is 1. The molecule has 78 valence electrons. The Hall–Kier alpha value is -1.84. The van der Waals surface area contributed by atoms with Crippen LogP contribution in [-0.4, -0.2) is 18.4 Å².